The minimum atomic E-state index is -4.49. The fraction of sp³-hybridized carbons (Fsp3) is 0.300. The zero-order chi connectivity index (χ0) is 37.2. The highest BCUT2D eigenvalue weighted by atomic mass is 19.4. The number of alkyl halides is 3. The van der Waals surface area contributed by atoms with Gasteiger partial charge in [0.2, 0.25) is 11.8 Å². The van der Waals surface area contributed by atoms with Gasteiger partial charge in [-0.15, -0.1) is 0 Å². The van der Waals surface area contributed by atoms with Gasteiger partial charge in [-0.2, -0.15) is 13.2 Å². The summed E-state index contributed by atoms with van der Waals surface area (Å²) in [6.45, 7) is 5.73. The van der Waals surface area contributed by atoms with Crippen LogP contribution >= 0.6 is 0 Å². The molecule has 0 radical (unpaired) electrons. The zero-order valence-electron chi connectivity index (χ0n) is 29.4. The highest BCUT2D eigenvalue weighted by Crippen LogP contribution is 2.29. The first-order valence-electron chi connectivity index (χ1n) is 16.5. The predicted octanol–water partition coefficient (Wildman–Crippen LogP) is 7.75. The Kier molecular flexibility index (Phi) is 12.8. The molecule has 1 atom stereocenters. The van der Waals surface area contributed by atoms with Gasteiger partial charge in [0.1, 0.15) is 11.6 Å². The lowest BCUT2D eigenvalue weighted by Crippen LogP contribution is -2.51. The third kappa shape index (κ3) is 11.6. The molecule has 0 N–H and O–H groups in total. The molecule has 11 heteroatoms. The van der Waals surface area contributed by atoms with E-state index in [1.54, 1.807) is 41.1 Å². The molecular weight excluding hydrogens is 657 g/mol. The van der Waals surface area contributed by atoms with E-state index in [2.05, 4.69) is 4.98 Å². The lowest BCUT2D eigenvalue weighted by atomic mass is 10.0. The maximum atomic E-state index is 14.3. The Labute approximate surface area is 297 Å². The second-order valence-corrected chi connectivity index (χ2v) is 13.2. The summed E-state index contributed by atoms with van der Waals surface area (Å²) in [5.74, 6) is -0.852. The van der Waals surface area contributed by atoms with Crippen LogP contribution in [-0.2, 0) is 33.5 Å². The van der Waals surface area contributed by atoms with Gasteiger partial charge in [-0.1, -0.05) is 72.8 Å². The van der Waals surface area contributed by atoms with Gasteiger partial charge in [-0.05, 0) is 67.8 Å². The molecule has 8 nitrogen and oxygen atoms in total. The van der Waals surface area contributed by atoms with Crippen molar-refractivity contribution in [3.05, 3.63) is 132 Å². The number of ether oxygens (including phenoxy) is 1. The van der Waals surface area contributed by atoms with Crippen molar-refractivity contribution in [1.82, 2.24) is 19.7 Å². The molecule has 0 spiro atoms. The number of carbonyl (C=O) groups excluding carboxylic acids is 3. The zero-order valence-corrected chi connectivity index (χ0v) is 29.4. The molecule has 0 aliphatic rings. The van der Waals surface area contributed by atoms with E-state index in [4.69, 9.17) is 4.74 Å². The van der Waals surface area contributed by atoms with Crippen molar-refractivity contribution in [3.8, 4) is 11.3 Å². The molecule has 4 rings (SSSR count). The molecule has 1 aromatic heterocycles. The average Bonchev–Trinajstić information content (AvgIpc) is 3.10. The first-order chi connectivity index (χ1) is 24.1. The van der Waals surface area contributed by atoms with Crippen LogP contribution in [0, 0.1) is 0 Å². The number of likely N-dealkylation sites (N-methyl/N-ethyl adjacent to an activating group) is 2. The Balaban J connectivity index is 1.65. The molecule has 3 aromatic carbocycles. The molecule has 4 aromatic rings. The minimum Gasteiger partial charge on any atom is -0.444 e. The van der Waals surface area contributed by atoms with E-state index in [-0.39, 0.29) is 32.0 Å². The average molecular weight is 701 g/mol. The number of rotatable bonds is 12. The summed E-state index contributed by atoms with van der Waals surface area (Å²) in [5, 5.41) is 0. The smallest absolute Gasteiger partial charge is 0.416 e. The van der Waals surface area contributed by atoms with Crippen molar-refractivity contribution < 1.29 is 32.3 Å². The SMILES string of the molecule is CN(CCN(C)C(=O)C(Cc1ccccc1)N(Cc1ccc(-c2ccccn2)cc1)C(=O)C=Cc1ccc(C(F)(F)F)cc1)C(=O)OC(C)(C)C. The van der Waals surface area contributed by atoms with Gasteiger partial charge in [0.05, 0.1) is 11.3 Å². The minimum absolute atomic E-state index is 0.0631. The number of benzene rings is 3. The highest BCUT2D eigenvalue weighted by molar-refractivity contribution is 5.95. The molecule has 0 fully saturated rings. The Bertz CT molecular complexity index is 1770. The molecule has 268 valence electrons. The van der Waals surface area contributed by atoms with Crippen molar-refractivity contribution in [3.63, 3.8) is 0 Å². The van der Waals surface area contributed by atoms with Gasteiger partial charge in [0.15, 0.2) is 0 Å². The van der Waals surface area contributed by atoms with Crippen LogP contribution in [0.15, 0.2) is 109 Å². The van der Waals surface area contributed by atoms with Crippen LogP contribution in [-0.4, -0.2) is 76.4 Å². The van der Waals surface area contributed by atoms with Gasteiger partial charge in [0, 0.05) is 58.0 Å². The van der Waals surface area contributed by atoms with Crippen LogP contribution in [0.4, 0.5) is 18.0 Å². The Morgan fingerprint density at radius 1 is 0.784 bits per heavy atom. The lowest BCUT2D eigenvalue weighted by Gasteiger charge is -2.34. The van der Waals surface area contributed by atoms with Gasteiger partial charge in [-0.3, -0.25) is 14.6 Å². The molecule has 1 heterocycles. The number of hydrogen-bond acceptors (Lipinski definition) is 5. The molecule has 0 aliphatic carbocycles. The monoisotopic (exact) mass is 700 g/mol. The van der Waals surface area contributed by atoms with E-state index in [0.29, 0.717) is 5.56 Å². The van der Waals surface area contributed by atoms with E-state index in [0.717, 1.165) is 34.5 Å². The summed E-state index contributed by atoms with van der Waals surface area (Å²) >= 11 is 0. The quantitative estimate of drug-likeness (QED) is 0.141. The molecule has 1 unspecified atom stereocenters. The van der Waals surface area contributed by atoms with Crippen LogP contribution in [0.3, 0.4) is 0 Å². The van der Waals surface area contributed by atoms with Gasteiger partial charge < -0.3 is 19.4 Å². The number of nitrogens with zero attached hydrogens (tertiary/aromatic N) is 4. The molecular formula is C40H43F3N4O4. The topological polar surface area (TPSA) is 83.0 Å². The number of halogens is 3. The Morgan fingerprint density at radius 2 is 1.41 bits per heavy atom. The third-order valence-electron chi connectivity index (χ3n) is 7.99. The standard InChI is InChI=1S/C40H43F3N4O4/c1-39(2,3)51-38(50)46(5)26-25-45(4)37(49)35(27-30-11-7-6-8-12-30)47(28-31-14-19-32(20-15-31)34-13-9-10-24-44-34)36(48)23-18-29-16-21-33(22-17-29)40(41,42)43/h6-24,35H,25-28H2,1-5H3. The van der Waals surface area contributed by atoms with Crippen molar-refractivity contribution in [2.75, 3.05) is 27.2 Å². The Morgan fingerprint density at radius 3 is 2.00 bits per heavy atom. The fourth-order valence-electron chi connectivity index (χ4n) is 5.16. The largest absolute Gasteiger partial charge is 0.444 e. The van der Waals surface area contributed by atoms with Crippen molar-refractivity contribution in [2.45, 2.75) is 51.6 Å². The van der Waals surface area contributed by atoms with E-state index >= 15 is 0 Å². The van der Waals surface area contributed by atoms with E-state index < -0.39 is 35.4 Å². The summed E-state index contributed by atoms with van der Waals surface area (Å²) in [4.78, 5) is 49.7. The molecule has 0 aliphatic heterocycles. The van der Waals surface area contributed by atoms with Crippen molar-refractivity contribution in [1.29, 1.82) is 0 Å². The van der Waals surface area contributed by atoms with Gasteiger partial charge in [-0.25, -0.2) is 4.79 Å². The first-order valence-corrected chi connectivity index (χ1v) is 16.5. The van der Waals surface area contributed by atoms with Crippen LogP contribution in [0.1, 0.15) is 43.0 Å². The third-order valence-corrected chi connectivity index (χ3v) is 7.99. The summed E-state index contributed by atoms with van der Waals surface area (Å²) in [6.07, 6.45) is -0.412. The fourth-order valence-corrected chi connectivity index (χ4v) is 5.16. The van der Waals surface area contributed by atoms with Crippen LogP contribution in [0.25, 0.3) is 17.3 Å². The summed E-state index contributed by atoms with van der Waals surface area (Å²) in [5.41, 5.74) is 2.16. The predicted molar refractivity (Wildman–Crippen MR) is 191 cm³/mol. The summed E-state index contributed by atoms with van der Waals surface area (Å²) in [7, 11) is 3.20. The number of aromatic nitrogens is 1. The number of carbonyl (C=O) groups is 3. The maximum Gasteiger partial charge on any atom is 0.416 e. The molecule has 0 bridgehead atoms. The van der Waals surface area contributed by atoms with Crippen LogP contribution in [0.2, 0.25) is 0 Å². The summed E-state index contributed by atoms with van der Waals surface area (Å²) < 4.78 is 44.9. The van der Waals surface area contributed by atoms with E-state index in [1.165, 1.54) is 39.0 Å². The number of amides is 3. The van der Waals surface area contributed by atoms with Crippen molar-refractivity contribution >= 4 is 24.0 Å². The van der Waals surface area contributed by atoms with Gasteiger partial charge in [0.25, 0.3) is 0 Å². The van der Waals surface area contributed by atoms with Crippen LogP contribution < -0.4 is 0 Å². The van der Waals surface area contributed by atoms with E-state index in [1.807, 2.05) is 72.8 Å². The summed E-state index contributed by atoms with van der Waals surface area (Å²) in [6, 6.07) is 26.0. The van der Waals surface area contributed by atoms with Gasteiger partial charge >= 0.3 is 12.3 Å². The second-order valence-electron chi connectivity index (χ2n) is 13.2. The lowest BCUT2D eigenvalue weighted by molar-refractivity contribution is -0.143. The molecule has 0 saturated heterocycles. The number of pyridine rings is 1. The normalized spacial score (nSPS) is 12.3. The van der Waals surface area contributed by atoms with Crippen molar-refractivity contribution in [2.24, 2.45) is 0 Å². The second kappa shape index (κ2) is 17.0. The first kappa shape index (κ1) is 38.4. The highest BCUT2D eigenvalue weighted by Gasteiger charge is 2.32. The maximum absolute atomic E-state index is 14.3. The molecule has 0 saturated carbocycles. The Hall–Kier alpha value is -5.45. The van der Waals surface area contributed by atoms with E-state index in [9.17, 15) is 27.6 Å². The number of hydrogen-bond donors (Lipinski definition) is 0. The van der Waals surface area contributed by atoms with Crippen LogP contribution in [0.5, 0.6) is 0 Å². The molecule has 51 heavy (non-hydrogen) atoms. The molecule has 3 amide bonds.